The number of hydrogen-bond donors (Lipinski definition) is 1. The summed E-state index contributed by atoms with van der Waals surface area (Å²) in [5, 5.41) is 0. The number of nitrogens with two attached hydrogens (primary N) is 1. The lowest BCUT2D eigenvalue weighted by Gasteiger charge is -2.42. The molecule has 2 nitrogen and oxygen atoms in total. The van der Waals surface area contributed by atoms with Crippen molar-refractivity contribution in [3.63, 3.8) is 0 Å². The summed E-state index contributed by atoms with van der Waals surface area (Å²) in [6.07, 6.45) is 8.00. The van der Waals surface area contributed by atoms with Crippen LogP contribution in [0, 0.1) is 0 Å². The van der Waals surface area contributed by atoms with Gasteiger partial charge < -0.3 is 10.5 Å². The fraction of sp³-hybridized carbons (Fsp3) is 0.647. The van der Waals surface area contributed by atoms with E-state index in [1.807, 2.05) is 0 Å². The van der Waals surface area contributed by atoms with E-state index in [-0.39, 0.29) is 5.41 Å². The minimum absolute atomic E-state index is 0.208. The zero-order valence-electron chi connectivity index (χ0n) is 11.7. The fourth-order valence-electron chi connectivity index (χ4n) is 3.62. The number of rotatable bonds is 4. The summed E-state index contributed by atoms with van der Waals surface area (Å²) in [7, 11) is 0. The smallest absolute Gasteiger partial charge is 0.0586 e. The van der Waals surface area contributed by atoms with Gasteiger partial charge in [0.2, 0.25) is 0 Å². The Balaban J connectivity index is 1.74. The van der Waals surface area contributed by atoms with Crippen LogP contribution < -0.4 is 5.73 Å². The minimum Gasteiger partial charge on any atom is -0.379 e. The van der Waals surface area contributed by atoms with Gasteiger partial charge >= 0.3 is 0 Å². The first-order valence-electron chi connectivity index (χ1n) is 7.72. The number of ether oxygens (including phenoxy) is 1. The Labute approximate surface area is 116 Å². The van der Waals surface area contributed by atoms with E-state index < -0.39 is 0 Å². The van der Waals surface area contributed by atoms with Crippen LogP contribution in [0.1, 0.15) is 55.6 Å². The van der Waals surface area contributed by atoms with E-state index in [4.69, 9.17) is 10.5 Å². The second-order valence-electron chi connectivity index (χ2n) is 6.27. The van der Waals surface area contributed by atoms with E-state index in [9.17, 15) is 0 Å². The molecule has 1 aliphatic carbocycles. The first-order valence-corrected chi connectivity index (χ1v) is 7.72. The van der Waals surface area contributed by atoms with Crippen LogP contribution in [0.25, 0.3) is 0 Å². The van der Waals surface area contributed by atoms with Crippen molar-refractivity contribution in [1.29, 1.82) is 0 Å². The Hall–Kier alpha value is -0.860. The van der Waals surface area contributed by atoms with Crippen LogP contribution in [-0.4, -0.2) is 19.8 Å². The van der Waals surface area contributed by atoms with Gasteiger partial charge in [-0.25, -0.2) is 0 Å². The molecule has 0 atom stereocenters. The monoisotopic (exact) mass is 259 g/mol. The highest BCUT2D eigenvalue weighted by atomic mass is 16.5. The Bertz CT molecular complexity index is 402. The van der Waals surface area contributed by atoms with Crippen molar-refractivity contribution in [3.05, 3.63) is 35.4 Å². The Morgan fingerprint density at radius 2 is 1.74 bits per heavy atom. The van der Waals surface area contributed by atoms with Crippen LogP contribution in [0.15, 0.2) is 24.3 Å². The van der Waals surface area contributed by atoms with Gasteiger partial charge in [0.05, 0.1) is 13.2 Å². The predicted molar refractivity (Wildman–Crippen MR) is 78.4 cm³/mol. The zero-order valence-corrected chi connectivity index (χ0v) is 11.7. The summed E-state index contributed by atoms with van der Waals surface area (Å²) in [4.78, 5) is 0. The Kier molecular flexibility index (Phi) is 3.90. The van der Waals surface area contributed by atoms with Gasteiger partial charge in [0.1, 0.15) is 0 Å². The lowest BCUT2D eigenvalue weighted by molar-refractivity contribution is -0.0631. The first-order chi connectivity index (χ1) is 9.34. The van der Waals surface area contributed by atoms with Gasteiger partial charge in [-0.2, -0.15) is 0 Å². The van der Waals surface area contributed by atoms with Gasteiger partial charge in [-0.3, -0.25) is 0 Å². The lowest BCUT2D eigenvalue weighted by atomic mass is 9.75. The van der Waals surface area contributed by atoms with E-state index in [2.05, 4.69) is 24.3 Å². The first kappa shape index (κ1) is 13.1. The van der Waals surface area contributed by atoms with Gasteiger partial charge in [0.25, 0.3) is 0 Å². The molecule has 0 unspecified atom stereocenters. The molecule has 1 saturated carbocycles. The molecule has 0 spiro atoms. The van der Waals surface area contributed by atoms with Crippen LogP contribution >= 0.6 is 0 Å². The second kappa shape index (κ2) is 5.64. The van der Waals surface area contributed by atoms with Crippen molar-refractivity contribution in [2.24, 2.45) is 5.73 Å². The summed E-state index contributed by atoms with van der Waals surface area (Å²) in [6.45, 7) is 2.42. The molecule has 0 aromatic heterocycles. The van der Waals surface area contributed by atoms with Crippen LogP contribution in [0.5, 0.6) is 0 Å². The van der Waals surface area contributed by atoms with Crippen molar-refractivity contribution >= 4 is 0 Å². The second-order valence-corrected chi connectivity index (χ2v) is 6.27. The maximum Gasteiger partial charge on any atom is 0.0586 e. The molecule has 1 aliphatic heterocycles. The maximum absolute atomic E-state index is 5.75. The molecule has 19 heavy (non-hydrogen) atoms. The molecule has 0 radical (unpaired) electrons. The SMILES string of the molecule is NCCC1(c2ccc(C3CCCCC3)cc2)COC1. The van der Waals surface area contributed by atoms with E-state index in [1.165, 1.54) is 43.2 Å². The molecule has 2 aliphatic rings. The topological polar surface area (TPSA) is 35.2 Å². The highest BCUT2D eigenvalue weighted by Gasteiger charge is 2.39. The van der Waals surface area contributed by atoms with Gasteiger partial charge in [0, 0.05) is 5.41 Å². The van der Waals surface area contributed by atoms with Crippen molar-refractivity contribution in [3.8, 4) is 0 Å². The zero-order chi connectivity index (χ0) is 13.1. The van der Waals surface area contributed by atoms with Crippen molar-refractivity contribution in [2.75, 3.05) is 19.8 Å². The molecule has 2 heteroatoms. The molecule has 2 fully saturated rings. The standard InChI is InChI=1S/C17H25NO/c18-11-10-17(12-19-13-17)16-8-6-15(7-9-16)14-4-2-1-3-5-14/h6-9,14H,1-5,10-13,18H2. The molecule has 1 aromatic carbocycles. The summed E-state index contributed by atoms with van der Waals surface area (Å²) in [5.41, 5.74) is 8.91. The van der Waals surface area contributed by atoms with Gasteiger partial charge in [0.15, 0.2) is 0 Å². The number of benzene rings is 1. The predicted octanol–water partition coefficient (Wildman–Crippen LogP) is 3.35. The number of hydrogen-bond acceptors (Lipinski definition) is 2. The summed E-state index contributed by atoms with van der Waals surface area (Å²) < 4.78 is 5.44. The van der Waals surface area contributed by atoms with Crippen molar-refractivity contribution in [1.82, 2.24) is 0 Å². The third kappa shape index (κ3) is 2.56. The van der Waals surface area contributed by atoms with Gasteiger partial charge in [-0.1, -0.05) is 43.5 Å². The third-order valence-electron chi connectivity index (χ3n) is 4.98. The van der Waals surface area contributed by atoms with E-state index in [0.717, 1.165) is 32.1 Å². The molecular formula is C17H25NO. The van der Waals surface area contributed by atoms with Crippen molar-refractivity contribution in [2.45, 2.75) is 49.9 Å². The molecule has 1 saturated heterocycles. The van der Waals surface area contributed by atoms with Crippen LogP contribution in [-0.2, 0) is 10.2 Å². The van der Waals surface area contributed by atoms with Crippen LogP contribution in [0.3, 0.4) is 0 Å². The minimum atomic E-state index is 0.208. The van der Waals surface area contributed by atoms with Crippen molar-refractivity contribution < 1.29 is 4.74 Å². The fourth-order valence-corrected chi connectivity index (χ4v) is 3.62. The molecule has 1 heterocycles. The molecule has 0 bridgehead atoms. The average Bonchev–Trinajstić information content (AvgIpc) is 2.44. The summed E-state index contributed by atoms with van der Waals surface area (Å²) in [6, 6.07) is 9.34. The molecular weight excluding hydrogens is 234 g/mol. The highest BCUT2D eigenvalue weighted by Crippen LogP contribution is 2.37. The highest BCUT2D eigenvalue weighted by molar-refractivity contribution is 5.33. The Morgan fingerprint density at radius 1 is 1.05 bits per heavy atom. The quantitative estimate of drug-likeness (QED) is 0.900. The van der Waals surface area contributed by atoms with Crippen LogP contribution in [0.2, 0.25) is 0 Å². The summed E-state index contributed by atoms with van der Waals surface area (Å²) >= 11 is 0. The molecule has 1 aromatic rings. The van der Waals surface area contributed by atoms with Gasteiger partial charge in [-0.15, -0.1) is 0 Å². The van der Waals surface area contributed by atoms with Crippen LogP contribution in [0.4, 0.5) is 0 Å². The average molecular weight is 259 g/mol. The molecule has 0 amide bonds. The molecule has 2 N–H and O–H groups in total. The van der Waals surface area contributed by atoms with E-state index >= 15 is 0 Å². The third-order valence-corrected chi connectivity index (χ3v) is 4.98. The summed E-state index contributed by atoms with van der Waals surface area (Å²) in [5.74, 6) is 0.797. The normalized spacial score (nSPS) is 23.0. The van der Waals surface area contributed by atoms with E-state index in [1.54, 1.807) is 0 Å². The largest absolute Gasteiger partial charge is 0.379 e. The molecule has 104 valence electrons. The van der Waals surface area contributed by atoms with E-state index in [0.29, 0.717) is 0 Å². The lowest BCUT2D eigenvalue weighted by Crippen LogP contribution is -2.48. The molecule has 3 rings (SSSR count). The Morgan fingerprint density at radius 3 is 2.26 bits per heavy atom. The van der Waals surface area contributed by atoms with Gasteiger partial charge in [-0.05, 0) is 42.9 Å². The maximum atomic E-state index is 5.75.